The summed E-state index contributed by atoms with van der Waals surface area (Å²) >= 11 is 6.61. The van der Waals surface area contributed by atoms with E-state index in [2.05, 4.69) is 0 Å². The fourth-order valence-corrected chi connectivity index (χ4v) is 4.01. The predicted octanol–water partition coefficient (Wildman–Crippen LogP) is 3.69. The summed E-state index contributed by atoms with van der Waals surface area (Å²) < 4.78 is 5.94. The maximum absolute atomic E-state index is 12.7. The minimum Gasteiger partial charge on any atom is -0.508 e. The van der Waals surface area contributed by atoms with Crippen LogP contribution in [0, 0.1) is 0 Å². The second-order valence-corrected chi connectivity index (χ2v) is 7.99. The van der Waals surface area contributed by atoms with Crippen molar-refractivity contribution in [2.45, 2.75) is 12.8 Å². The van der Waals surface area contributed by atoms with Crippen LogP contribution in [0.1, 0.15) is 17.5 Å². The molecule has 0 atom stereocenters. The molecule has 0 spiro atoms. The zero-order valence-electron chi connectivity index (χ0n) is 15.4. The summed E-state index contributed by atoms with van der Waals surface area (Å²) in [5, 5.41) is 18.0. The molecule has 0 aromatic heterocycles. The first-order valence-corrected chi connectivity index (χ1v) is 10.1. The number of aliphatic carboxylic acids is 1. The summed E-state index contributed by atoms with van der Waals surface area (Å²) in [6, 6.07) is 14.0. The number of hydrogen-bond donors (Lipinski definition) is 2. The number of carboxylic acid groups (broad SMARTS) is 1. The van der Waals surface area contributed by atoms with Gasteiger partial charge in [-0.2, -0.15) is 0 Å². The molecule has 0 aliphatic carbocycles. The highest BCUT2D eigenvalue weighted by Gasteiger charge is 2.31. The van der Waals surface area contributed by atoms with E-state index in [0.29, 0.717) is 27.9 Å². The molecular formula is C21H19NO5S2. The van der Waals surface area contributed by atoms with E-state index in [4.69, 9.17) is 22.1 Å². The van der Waals surface area contributed by atoms with Crippen LogP contribution in [0.2, 0.25) is 0 Å². The topological polar surface area (TPSA) is 87.1 Å². The second-order valence-electron chi connectivity index (χ2n) is 6.31. The largest absolute Gasteiger partial charge is 0.508 e. The number of phenols is 1. The molecule has 6 nitrogen and oxygen atoms in total. The van der Waals surface area contributed by atoms with Crippen molar-refractivity contribution >= 4 is 46.3 Å². The van der Waals surface area contributed by atoms with Crippen molar-refractivity contribution < 1.29 is 24.5 Å². The van der Waals surface area contributed by atoms with Gasteiger partial charge in [-0.25, -0.2) is 0 Å². The molecule has 0 saturated carbocycles. The third-order valence-electron chi connectivity index (χ3n) is 4.17. The van der Waals surface area contributed by atoms with Crippen LogP contribution in [0.3, 0.4) is 0 Å². The van der Waals surface area contributed by atoms with Gasteiger partial charge >= 0.3 is 5.97 Å². The Balaban J connectivity index is 1.64. The van der Waals surface area contributed by atoms with Gasteiger partial charge in [0.05, 0.1) is 17.9 Å². The number of thioether (sulfide) groups is 1. The molecule has 0 bridgehead atoms. The Hall–Kier alpha value is -2.84. The number of carboxylic acids is 1. The van der Waals surface area contributed by atoms with Gasteiger partial charge in [0.1, 0.15) is 15.8 Å². The van der Waals surface area contributed by atoms with Crippen LogP contribution in [0.15, 0.2) is 53.4 Å². The van der Waals surface area contributed by atoms with Crippen LogP contribution in [0.5, 0.6) is 11.5 Å². The molecule has 0 radical (unpaired) electrons. The van der Waals surface area contributed by atoms with E-state index in [1.165, 1.54) is 11.8 Å². The van der Waals surface area contributed by atoms with Gasteiger partial charge in [0.2, 0.25) is 0 Å². The van der Waals surface area contributed by atoms with Crippen molar-refractivity contribution in [1.29, 1.82) is 0 Å². The standard InChI is InChI=1S/C21H19NO5S2/c23-16-6-4-14(5-7-16)8-10-22-20(26)18(29-21(22)28)13-15-2-1-3-17(12-15)27-11-9-19(24)25/h1-7,12-13,23H,8-11H2,(H,24,25)/b18-13+. The van der Waals surface area contributed by atoms with Crippen molar-refractivity contribution in [2.75, 3.05) is 13.2 Å². The van der Waals surface area contributed by atoms with Gasteiger partial charge in [0.25, 0.3) is 5.91 Å². The minimum absolute atomic E-state index is 0.0794. The van der Waals surface area contributed by atoms with Crippen LogP contribution in [-0.2, 0) is 16.0 Å². The van der Waals surface area contributed by atoms with Crippen LogP contribution in [-0.4, -0.2) is 44.5 Å². The van der Waals surface area contributed by atoms with Crippen LogP contribution >= 0.6 is 24.0 Å². The van der Waals surface area contributed by atoms with E-state index in [1.807, 2.05) is 18.2 Å². The lowest BCUT2D eigenvalue weighted by molar-refractivity contribution is -0.137. The lowest BCUT2D eigenvalue weighted by Crippen LogP contribution is -2.30. The Labute approximate surface area is 177 Å². The molecule has 2 N–H and O–H groups in total. The van der Waals surface area contributed by atoms with E-state index >= 15 is 0 Å². The monoisotopic (exact) mass is 429 g/mol. The highest BCUT2D eigenvalue weighted by atomic mass is 32.2. The van der Waals surface area contributed by atoms with E-state index in [0.717, 1.165) is 11.1 Å². The molecule has 1 aliphatic heterocycles. The number of ether oxygens (including phenoxy) is 1. The number of aromatic hydroxyl groups is 1. The molecule has 2 aromatic carbocycles. The summed E-state index contributed by atoms with van der Waals surface area (Å²) in [5.74, 6) is -0.313. The molecule has 0 unspecified atom stereocenters. The first-order chi connectivity index (χ1) is 13.9. The molecular weight excluding hydrogens is 410 g/mol. The van der Waals surface area contributed by atoms with Crippen LogP contribution in [0.25, 0.3) is 6.08 Å². The summed E-state index contributed by atoms with van der Waals surface area (Å²) in [6.07, 6.45) is 2.31. The maximum atomic E-state index is 12.7. The number of hydrogen-bond acceptors (Lipinski definition) is 6. The Kier molecular flexibility index (Phi) is 6.90. The Bertz CT molecular complexity index is 956. The lowest BCUT2D eigenvalue weighted by Gasteiger charge is -2.14. The number of amides is 1. The third kappa shape index (κ3) is 5.82. The zero-order chi connectivity index (χ0) is 20.8. The van der Waals surface area contributed by atoms with Crippen LogP contribution < -0.4 is 4.74 Å². The molecule has 150 valence electrons. The number of thiocarbonyl (C=S) groups is 1. The molecule has 2 aromatic rings. The number of rotatable bonds is 8. The van der Waals surface area contributed by atoms with Gasteiger partial charge < -0.3 is 14.9 Å². The van der Waals surface area contributed by atoms with Crippen molar-refractivity contribution in [1.82, 2.24) is 4.90 Å². The SMILES string of the molecule is O=C(O)CCOc1cccc(/C=C2/SC(=S)N(CCc3ccc(O)cc3)C2=O)c1. The first-order valence-electron chi connectivity index (χ1n) is 8.90. The molecule has 1 heterocycles. The van der Waals surface area contributed by atoms with Gasteiger partial charge in [-0.1, -0.05) is 48.2 Å². The molecule has 1 aliphatic rings. The number of phenolic OH excluding ortho intramolecular Hbond substituents is 1. The van der Waals surface area contributed by atoms with Gasteiger partial charge in [0.15, 0.2) is 0 Å². The molecule has 1 saturated heterocycles. The quantitative estimate of drug-likeness (QED) is 0.489. The average Bonchev–Trinajstić information content (AvgIpc) is 2.94. The summed E-state index contributed by atoms with van der Waals surface area (Å²) in [4.78, 5) is 25.4. The smallest absolute Gasteiger partial charge is 0.306 e. The van der Waals surface area contributed by atoms with Gasteiger partial charge in [0, 0.05) is 6.54 Å². The molecule has 3 rings (SSSR count). The van der Waals surface area contributed by atoms with Crippen molar-refractivity contribution in [3.8, 4) is 11.5 Å². The molecule has 29 heavy (non-hydrogen) atoms. The summed E-state index contributed by atoms with van der Waals surface area (Å²) in [5.41, 5.74) is 1.78. The highest BCUT2D eigenvalue weighted by molar-refractivity contribution is 8.26. The molecule has 1 fully saturated rings. The number of carbonyl (C=O) groups excluding carboxylic acids is 1. The number of nitrogens with zero attached hydrogens (tertiary/aromatic N) is 1. The van der Waals surface area contributed by atoms with Gasteiger partial charge in [-0.05, 0) is 47.9 Å². The van der Waals surface area contributed by atoms with Gasteiger partial charge in [-0.3, -0.25) is 14.5 Å². The van der Waals surface area contributed by atoms with E-state index < -0.39 is 5.97 Å². The lowest BCUT2D eigenvalue weighted by atomic mass is 10.1. The van der Waals surface area contributed by atoms with Crippen molar-refractivity contribution in [2.24, 2.45) is 0 Å². The number of carbonyl (C=O) groups is 2. The molecule has 1 amide bonds. The Morgan fingerprint density at radius 1 is 1.21 bits per heavy atom. The second kappa shape index (κ2) is 9.58. The van der Waals surface area contributed by atoms with E-state index in [1.54, 1.807) is 41.3 Å². The van der Waals surface area contributed by atoms with E-state index in [-0.39, 0.29) is 24.7 Å². The van der Waals surface area contributed by atoms with E-state index in [9.17, 15) is 14.7 Å². The first kappa shape index (κ1) is 20.9. The summed E-state index contributed by atoms with van der Waals surface area (Å²) in [7, 11) is 0. The highest BCUT2D eigenvalue weighted by Crippen LogP contribution is 2.33. The summed E-state index contributed by atoms with van der Waals surface area (Å²) in [6.45, 7) is 0.545. The Morgan fingerprint density at radius 3 is 2.69 bits per heavy atom. The minimum atomic E-state index is -0.919. The van der Waals surface area contributed by atoms with Crippen molar-refractivity contribution in [3.05, 3.63) is 64.6 Å². The van der Waals surface area contributed by atoms with Crippen molar-refractivity contribution in [3.63, 3.8) is 0 Å². The fourth-order valence-electron chi connectivity index (χ4n) is 2.70. The normalized spacial score (nSPS) is 15.2. The predicted molar refractivity (Wildman–Crippen MR) is 116 cm³/mol. The third-order valence-corrected chi connectivity index (χ3v) is 5.55. The molecule has 8 heteroatoms. The Morgan fingerprint density at radius 2 is 1.97 bits per heavy atom. The fraction of sp³-hybridized carbons (Fsp3) is 0.190. The average molecular weight is 430 g/mol. The number of benzene rings is 2. The maximum Gasteiger partial charge on any atom is 0.306 e. The zero-order valence-corrected chi connectivity index (χ0v) is 17.0. The van der Waals surface area contributed by atoms with Gasteiger partial charge in [-0.15, -0.1) is 0 Å². The van der Waals surface area contributed by atoms with Crippen LogP contribution in [0.4, 0.5) is 0 Å².